The van der Waals surface area contributed by atoms with E-state index in [1.54, 1.807) is 19.1 Å². The van der Waals surface area contributed by atoms with Crippen LogP contribution in [0.15, 0.2) is 23.4 Å². The lowest BCUT2D eigenvalue weighted by atomic mass is 10.1. The van der Waals surface area contributed by atoms with Gasteiger partial charge in [0.15, 0.2) is 5.84 Å². The number of nitrogens with zero attached hydrogens (tertiary/aromatic N) is 1. The highest BCUT2D eigenvalue weighted by Gasteiger charge is 2.10. The first-order valence-electron chi connectivity index (χ1n) is 4.59. The molecule has 1 rings (SSSR count). The molecular formula is C10H13N3O3. The summed E-state index contributed by atoms with van der Waals surface area (Å²) >= 11 is 0. The second-order valence-corrected chi connectivity index (χ2v) is 3.22. The van der Waals surface area contributed by atoms with Crippen LogP contribution in [0.25, 0.3) is 0 Å². The van der Waals surface area contributed by atoms with Crippen molar-refractivity contribution in [1.29, 1.82) is 0 Å². The van der Waals surface area contributed by atoms with Crippen molar-refractivity contribution >= 4 is 11.7 Å². The lowest BCUT2D eigenvalue weighted by Crippen LogP contribution is -2.33. The van der Waals surface area contributed by atoms with E-state index in [0.29, 0.717) is 11.1 Å². The summed E-state index contributed by atoms with van der Waals surface area (Å²) < 4.78 is 0. The Morgan fingerprint density at radius 3 is 2.88 bits per heavy atom. The molecule has 0 fully saturated rings. The van der Waals surface area contributed by atoms with Gasteiger partial charge in [-0.2, -0.15) is 0 Å². The van der Waals surface area contributed by atoms with Gasteiger partial charge >= 0.3 is 0 Å². The molecule has 1 aromatic rings. The van der Waals surface area contributed by atoms with Crippen LogP contribution >= 0.6 is 0 Å². The predicted molar refractivity (Wildman–Crippen MR) is 58.6 cm³/mol. The molecule has 0 heterocycles. The summed E-state index contributed by atoms with van der Waals surface area (Å²) in [6, 6.07) is 4.65. The summed E-state index contributed by atoms with van der Waals surface area (Å²) in [6.45, 7) is 1.58. The molecule has 0 aliphatic rings. The number of rotatable bonds is 3. The number of carbonyl (C=O) groups is 1. The average molecular weight is 223 g/mol. The highest BCUT2D eigenvalue weighted by Crippen LogP contribution is 2.19. The van der Waals surface area contributed by atoms with E-state index in [4.69, 9.17) is 10.9 Å². The number of hydrogen-bond acceptors (Lipinski definition) is 4. The molecule has 0 radical (unpaired) electrons. The maximum atomic E-state index is 11.6. The van der Waals surface area contributed by atoms with Gasteiger partial charge in [-0.3, -0.25) is 4.79 Å². The fourth-order valence-electron chi connectivity index (χ4n) is 1.17. The molecule has 6 nitrogen and oxygen atoms in total. The van der Waals surface area contributed by atoms with E-state index in [0.717, 1.165) is 0 Å². The predicted octanol–water partition coefficient (Wildman–Crippen LogP) is 0.177. The number of nitrogens with one attached hydrogen (secondary N) is 1. The summed E-state index contributed by atoms with van der Waals surface area (Å²) in [5, 5.41) is 22.9. The fraction of sp³-hybridized carbons (Fsp3) is 0.200. The van der Waals surface area contributed by atoms with Gasteiger partial charge in [0, 0.05) is 11.1 Å². The van der Waals surface area contributed by atoms with Crippen molar-refractivity contribution in [3.63, 3.8) is 0 Å². The second-order valence-electron chi connectivity index (χ2n) is 3.22. The fourth-order valence-corrected chi connectivity index (χ4v) is 1.17. The molecule has 0 saturated carbocycles. The summed E-state index contributed by atoms with van der Waals surface area (Å²) in [4.78, 5) is 11.6. The lowest BCUT2D eigenvalue weighted by Gasteiger charge is -2.07. The third kappa shape index (κ3) is 2.63. The molecule has 5 N–H and O–H groups in total. The van der Waals surface area contributed by atoms with E-state index < -0.39 is 0 Å². The molecule has 0 atom stereocenters. The van der Waals surface area contributed by atoms with Crippen molar-refractivity contribution in [3.8, 4) is 5.75 Å². The topological polar surface area (TPSA) is 108 Å². The van der Waals surface area contributed by atoms with E-state index in [1.807, 2.05) is 0 Å². The van der Waals surface area contributed by atoms with Gasteiger partial charge in [0.25, 0.3) is 5.91 Å². The summed E-state index contributed by atoms with van der Waals surface area (Å²) in [7, 11) is 0. The summed E-state index contributed by atoms with van der Waals surface area (Å²) in [6.07, 6.45) is 0. The van der Waals surface area contributed by atoms with Crippen LogP contribution in [0.4, 0.5) is 0 Å². The number of aromatic hydroxyl groups is 1. The van der Waals surface area contributed by atoms with Gasteiger partial charge in [0.1, 0.15) is 5.75 Å². The normalized spacial score (nSPS) is 11.2. The number of carbonyl (C=O) groups excluding carboxylic acids is 1. The Morgan fingerprint density at radius 1 is 1.56 bits per heavy atom. The molecule has 16 heavy (non-hydrogen) atoms. The van der Waals surface area contributed by atoms with Crippen molar-refractivity contribution in [2.75, 3.05) is 6.54 Å². The van der Waals surface area contributed by atoms with E-state index >= 15 is 0 Å². The molecular weight excluding hydrogens is 210 g/mol. The van der Waals surface area contributed by atoms with Crippen molar-refractivity contribution in [1.82, 2.24) is 5.32 Å². The number of phenolic OH excluding ortho intramolecular Hbond substituents is 1. The Balaban J connectivity index is 2.78. The minimum absolute atomic E-state index is 0.0512. The molecule has 0 aliphatic heterocycles. The van der Waals surface area contributed by atoms with Crippen LogP contribution in [-0.4, -0.2) is 28.6 Å². The number of nitrogens with two attached hydrogens (primary N) is 1. The highest BCUT2D eigenvalue weighted by molar-refractivity contribution is 5.98. The standard InChI is InChI=1S/C10H13N3O3/c1-6-7(3-2-4-8(6)14)10(15)12-5-9(11)13-16/h2-4,14,16H,5H2,1H3,(H2,11,13)(H,12,15). The highest BCUT2D eigenvalue weighted by atomic mass is 16.4. The number of oxime groups is 1. The molecule has 1 amide bonds. The number of amidine groups is 1. The third-order valence-electron chi connectivity index (χ3n) is 2.11. The monoisotopic (exact) mass is 223 g/mol. The minimum atomic E-state index is -0.389. The van der Waals surface area contributed by atoms with E-state index in [-0.39, 0.29) is 24.0 Å². The zero-order chi connectivity index (χ0) is 12.1. The van der Waals surface area contributed by atoms with Gasteiger partial charge < -0.3 is 21.4 Å². The van der Waals surface area contributed by atoms with E-state index in [9.17, 15) is 9.90 Å². The second kappa shape index (κ2) is 5.01. The van der Waals surface area contributed by atoms with Gasteiger partial charge in [0.2, 0.25) is 0 Å². The first-order valence-corrected chi connectivity index (χ1v) is 4.59. The molecule has 0 bridgehead atoms. The zero-order valence-electron chi connectivity index (χ0n) is 8.77. The first kappa shape index (κ1) is 11.8. The summed E-state index contributed by atoms with van der Waals surface area (Å²) in [5.41, 5.74) is 6.04. The molecule has 0 saturated heterocycles. The molecule has 1 aromatic carbocycles. The van der Waals surface area contributed by atoms with Gasteiger partial charge in [0.05, 0.1) is 6.54 Å². The third-order valence-corrected chi connectivity index (χ3v) is 2.11. The van der Waals surface area contributed by atoms with E-state index in [1.165, 1.54) is 6.07 Å². The van der Waals surface area contributed by atoms with Gasteiger partial charge in [-0.1, -0.05) is 11.2 Å². The Morgan fingerprint density at radius 2 is 2.25 bits per heavy atom. The Labute approximate surface area is 92.4 Å². The number of benzene rings is 1. The van der Waals surface area contributed by atoms with Crippen LogP contribution in [0.1, 0.15) is 15.9 Å². The van der Waals surface area contributed by atoms with Gasteiger partial charge in [-0.15, -0.1) is 0 Å². The largest absolute Gasteiger partial charge is 0.508 e. The summed E-state index contributed by atoms with van der Waals surface area (Å²) in [5.74, 6) is -0.428. The van der Waals surface area contributed by atoms with Crippen LogP contribution in [0.5, 0.6) is 5.75 Å². The zero-order valence-corrected chi connectivity index (χ0v) is 8.77. The minimum Gasteiger partial charge on any atom is -0.508 e. The van der Waals surface area contributed by atoms with E-state index in [2.05, 4.69) is 10.5 Å². The van der Waals surface area contributed by atoms with Crippen LogP contribution in [-0.2, 0) is 0 Å². The molecule has 86 valence electrons. The smallest absolute Gasteiger partial charge is 0.252 e. The molecule has 0 spiro atoms. The number of amides is 1. The molecule has 6 heteroatoms. The van der Waals surface area contributed by atoms with Crippen LogP contribution < -0.4 is 11.1 Å². The Bertz CT molecular complexity index is 429. The SMILES string of the molecule is Cc1c(O)cccc1C(=O)NC/C(N)=N/O. The quantitative estimate of drug-likeness (QED) is 0.253. The molecule has 0 aliphatic carbocycles. The van der Waals surface area contributed by atoms with Crippen molar-refractivity contribution in [2.45, 2.75) is 6.92 Å². The Kier molecular flexibility index (Phi) is 3.71. The maximum Gasteiger partial charge on any atom is 0.252 e. The van der Waals surface area contributed by atoms with Crippen LogP contribution in [0.2, 0.25) is 0 Å². The van der Waals surface area contributed by atoms with Gasteiger partial charge in [-0.25, -0.2) is 0 Å². The van der Waals surface area contributed by atoms with Crippen LogP contribution in [0, 0.1) is 6.92 Å². The van der Waals surface area contributed by atoms with Crippen molar-refractivity contribution in [3.05, 3.63) is 29.3 Å². The maximum absolute atomic E-state index is 11.6. The average Bonchev–Trinajstić information content (AvgIpc) is 2.29. The van der Waals surface area contributed by atoms with Crippen molar-refractivity contribution in [2.24, 2.45) is 10.9 Å². The Hall–Kier alpha value is -2.24. The molecule has 0 aromatic heterocycles. The van der Waals surface area contributed by atoms with Gasteiger partial charge in [-0.05, 0) is 19.1 Å². The number of phenols is 1. The van der Waals surface area contributed by atoms with Crippen LogP contribution in [0.3, 0.4) is 0 Å². The molecule has 0 unspecified atom stereocenters. The lowest BCUT2D eigenvalue weighted by molar-refractivity contribution is 0.0958. The number of hydrogen-bond donors (Lipinski definition) is 4. The van der Waals surface area contributed by atoms with Crippen molar-refractivity contribution < 1.29 is 15.1 Å². The first-order chi connectivity index (χ1) is 7.56.